The molecule has 0 heterocycles. The standard InChI is InChI=1S/C12H21NO3/c1-12(2,3)9-4-6-10(7-5-9)13-16-8-11(14)15/h9H,4-8H2,1-3H3,(H,14,15). The van der Waals surface area contributed by atoms with Gasteiger partial charge in [0, 0.05) is 0 Å². The summed E-state index contributed by atoms with van der Waals surface area (Å²) in [7, 11) is 0. The normalized spacial score (nSPS) is 21.7. The summed E-state index contributed by atoms with van der Waals surface area (Å²) in [6, 6.07) is 0. The van der Waals surface area contributed by atoms with E-state index in [4.69, 9.17) is 9.94 Å². The van der Waals surface area contributed by atoms with Crippen molar-refractivity contribution in [3.05, 3.63) is 0 Å². The second-order valence-corrected chi connectivity index (χ2v) is 5.46. The molecule has 1 saturated carbocycles. The molecule has 0 spiro atoms. The SMILES string of the molecule is CC(C)(C)C1CCC(=NOCC(=O)O)CC1. The lowest BCUT2D eigenvalue weighted by molar-refractivity contribution is -0.142. The maximum absolute atomic E-state index is 10.2. The van der Waals surface area contributed by atoms with E-state index >= 15 is 0 Å². The topological polar surface area (TPSA) is 58.9 Å². The van der Waals surface area contributed by atoms with Crippen LogP contribution in [0.4, 0.5) is 0 Å². The van der Waals surface area contributed by atoms with E-state index < -0.39 is 5.97 Å². The molecule has 1 aliphatic carbocycles. The average Bonchev–Trinajstić information content (AvgIpc) is 2.16. The molecule has 1 aliphatic rings. The molecule has 0 amide bonds. The molecule has 0 radical (unpaired) electrons. The van der Waals surface area contributed by atoms with Crippen molar-refractivity contribution >= 4 is 11.7 Å². The zero-order valence-corrected chi connectivity index (χ0v) is 10.3. The largest absolute Gasteiger partial charge is 0.479 e. The Morgan fingerprint density at radius 3 is 2.44 bits per heavy atom. The van der Waals surface area contributed by atoms with Crippen molar-refractivity contribution in [1.29, 1.82) is 0 Å². The quantitative estimate of drug-likeness (QED) is 0.754. The van der Waals surface area contributed by atoms with Gasteiger partial charge in [0.2, 0.25) is 6.61 Å². The van der Waals surface area contributed by atoms with E-state index in [0.29, 0.717) is 5.41 Å². The molecule has 0 aromatic heterocycles. The first-order valence-electron chi connectivity index (χ1n) is 5.79. The first-order valence-corrected chi connectivity index (χ1v) is 5.79. The van der Waals surface area contributed by atoms with Gasteiger partial charge in [0.05, 0.1) is 5.71 Å². The molecular weight excluding hydrogens is 206 g/mol. The zero-order chi connectivity index (χ0) is 12.2. The van der Waals surface area contributed by atoms with E-state index in [-0.39, 0.29) is 6.61 Å². The van der Waals surface area contributed by atoms with Crippen LogP contribution in [0.15, 0.2) is 5.16 Å². The summed E-state index contributed by atoms with van der Waals surface area (Å²) in [4.78, 5) is 15.0. The van der Waals surface area contributed by atoms with Gasteiger partial charge >= 0.3 is 5.97 Å². The minimum Gasteiger partial charge on any atom is -0.479 e. The van der Waals surface area contributed by atoms with Crippen molar-refractivity contribution in [2.45, 2.75) is 46.5 Å². The van der Waals surface area contributed by atoms with Crippen LogP contribution in [-0.4, -0.2) is 23.4 Å². The first-order chi connectivity index (χ1) is 7.39. The Morgan fingerprint density at radius 2 is 2.00 bits per heavy atom. The van der Waals surface area contributed by atoms with Crippen molar-refractivity contribution in [3.63, 3.8) is 0 Å². The summed E-state index contributed by atoms with van der Waals surface area (Å²) >= 11 is 0. The minimum atomic E-state index is -0.979. The Labute approximate surface area is 96.7 Å². The van der Waals surface area contributed by atoms with Crippen molar-refractivity contribution in [1.82, 2.24) is 0 Å². The maximum Gasteiger partial charge on any atom is 0.344 e. The molecule has 0 unspecified atom stereocenters. The van der Waals surface area contributed by atoms with Crippen LogP contribution in [0.1, 0.15) is 46.5 Å². The summed E-state index contributed by atoms with van der Waals surface area (Å²) in [5.41, 5.74) is 1.36. The molecule has 0 atom stereocenters. The molecule has 0 aliphatic heterocycles. The third-order valence-corrected chi connectivity index (χ3v) is 3.17. The predicted octanol–water partition coefficient (Wildman–Crippen LogP) is 2.68. The summed E-state index contributed by atoms with van der Waals surface area (Å²) in [5.74, 6) is -0.251. The number of carbonyl (C=O) groups is 1. The zero-order valence-electron chi connectivity index (χ0n) is 10.3. The summed E-state index contributed by atoms with van der Waals surface area (Å²) < 4.78 is 0. The predicted molar refractivity (Wildman–Crippen MR) is 62.4 cm³/mol. The van der Waals surface area contributed by atoms with Gasteiger partial charge in [-0.05, 0) is 37.0 Å². The Balaban J connectivity index is 2.34. The number of carboxylic acids is 1. The summed E-state index contributed by atoms with van der Waals surface area (Å²) in [6.07, 6.45) is 4.11. The minimum absolute atomic E-state index is 0.341. The molecule has 92 valence electrons. The lowest BCUT2D eigenvalue weighted by Crippen LogP contribution is -2.26. The second kappa shape index (κ2) is 5.32. The summed E-state index contributed by atoms with van der Waals surface area (Å²) in [6.45, 7) is 6.45. The van der Waals surface area contributed by atoms with Crippen molar-refractivity contribution in [2.75, 3.05) is 6.61 Å². The van der Waals surface area contributed by atoms with Gasteiger partial charge in [-0.1, -0.05) is 25.9 Å². The van der Waals surface area contributed by atoms with E-state index in [1.807, 2.05) is 0 Å². The molecule has 0 aromatic carbocycles. The van der Waals surface area contributed by atoms with Crippen LogP contribution in [0.2, 0.25) is 0 Å². The van der Waals surface area contributed by atoms with E-state index in [0.717, 1.165) is 37.3 Å². The van der Waals surface area contributed by atoms with Crippen LogP contribution in [0.3, 0.4) is 0 Å². The van der Waals surface area contributed by atoms with Gasteiger partial charge in [-0.25, -0.2) is 4.79 Å². The number of oxime groups is 1. The molecule has 4 nitrogen and oxygen atoms in total. The van der Waals surface area contributed by atoms with Crippen LogP contribution in [-0.2, 0) is 9.63 Å². The van der Waals surface area contributed by atoms with Gasteiger partial charge in [0.15, 0.2) is 0 Å². The van der Waals surface area contributed by atoms with Gasteiger partial charge in [0.25, 0.3) is 0 Å². The Kier molecular flexibility index (Phi) is 4.33. The highest BCUT2D eigenvalue weighted by Gasteiger charge is 2.28. The number of hydrogen-bond donors (Lipinski definition) is 1. The lowest BCUT2D eigenvalue weighted by Gasteiger charge is -2.34. The number of carboxylic acid groups (broad SMARTS) is 1. The fourth-order valence-electron chi connectivity index (χ4n) is 2.09. The summed E-state index contributed by atoms with van der Waals surface area (Å²) in [5, 5.41) is 12.3. The van der Waals surface area contributed by atoms with Gasteiger partial charge in [-0.2, -0.15) is 0 Å². The van der Waals surface area contributed by atoms with Crippen LogP contribution < -0.4 is 0 Å². The van der Waals surface area contributed by atoms with Crippen molar-refractivity contribution < 1.29 is 14.7 Å². The fourth-order valence-corrected chi connectivity index (χ4v) is 2.09. The lowest BCUT2D eigenvalue weighted by atomic mass is 9.72. The van der Waals surface area contributed by atoms with Crippen LogP contribution >= 0.6 is 0 Å². The maximum atomic E-state index is 10.2. The van der Waals surface area contributed by atoms with Gasteiger partial charge in [-0.3, -0.25) is 0 Å². The average molecular weight is 227 g/mol. The Morgan fingerprint density at radius 1 is 1.44 bits per heavy atom. The van der Waals surface area contributed by atoms with Crippen LogP contribution in [0, 0.1) is 11.3 Å². The van der Waals surface area contributed by atoms with Gasteiger partial charge in [0.1, 0.15) is 0 Å². The van der Waals surface area contributed by atoms with E-state index in [9.17, 15) is 4.79 Å². The fraction of sp³-hybridized carbons (Fsp3) is 0.833. The molecule has 0 aromatic rings. The monoisotopic (exact) mass is 227 g/mol. The highest BCUT2D eigenvalue weighted by Crippen LogP contribution is 2.36. The van der Waals surface area contributed by atoms with Crippen molar-refractivity contribution in [2.24, 2.45) is 16.5 Å². The number of nitrogens with zero attached hydrogens (tertiary/aromatic N) is 1. The molecule has 4 heteroatoms. The van der Waals surface area contributed by atoms with E-state index in [2.05, 4.69) is 25.9 Å². The second-order valence-electron chi connectivity index (χ2n) is 5.46. The Hall–Kier alpha value is -1.06. The highest BCUT2D eigenvalue weighted by molar-refractivity contribution is 5.84. The Bertz CT molecular complexity index is 268. The van der Waals surface area contributed by atoms with E-state index in [1.54, 1.807) is 0 Å². The molecule has 0 saturated heterocycles. The van der Waals surface area contributed by atoms with E-state index in [1.165, 1.54) is 0 Å². The third kappa shape index (κ3) is 4.21. The molecule has 1 N–H and O–H groups in total. The van der Waals surface area contributed by atoms with Gasteiger partial charge in [-0.15, -0.1) is 0 Å². The number of aliphatic carboxylic acids is 1. The first kappa shape index (κ1) is 13.0. The highest BCUT2D eigenvalue weighted by atomic mass is 16.6. The molecule has 1 fully saturated rings. The van der Waals surface area contributed by atoms with Crippen LogP contribution in [0.5, 0.6) is 0 Å². The van der Waals surface area contributed by atoms with Crippen LogP contribution in [0.25, 0.3) is 0 Å². The molecule has 1 rings (SSSR count). The van der Waals surface area contributed by atoms with Crippen molar-refractivity contribution in [3.8, 4) is 0 Å². The molecule has 0 bridgehead atoms. The number of hydrogen-bond acceptors (Lipinski definition) is 3. The molecular formula is C12H21NO3. The smallest absolute Gasteiger partial charge is 0.344 e. The van der Waals surface area contributed by atoms with Gasteiger partial charge < -0.3 is 9.94 Å². The molecule has 16 heavy (non-hydrogen) atoms. The third-order valence-electron chi connectivity index (χ3n) is 3.17. The number of rotatable bonds is 3.